The van der Waals surface area contributed by atoms with Crippen LogP contribution in [0.25, 0.3) is 11.0 Å². The van der Waals surface area contributed by atoms with E-state index in [1.807, 2.05) is 33.7 Å². The zero-order valence-corrected chi connectivity index (χ0v) is 14.6. The molecule has 1 aromatic heterocycles. The van der Waals surface area contributed by atoms with Crippen LogP contribution in [0.4, 0.5) is 0 Å². The van der Waals surface area contributed by atoms with Gasteiger partial charge in [-0.05, 0) is 25.6 Å². The molecule has 0 aliphatic carbocycles. The standard InChI is InChI=1S/C18H26N4O2/c1-3-9-21-15-6-4-5-7-16(15)22(18(21)24)10-8-17(23)20-13-11-19(2)12-14-20/h4-7H,3,8-14H2,1-2H3. The van der Waals surface area contributed by atoms with Gasteiger partial charge in [0.25, 0.3) is 0 Å². The van der Waals surface area contributed by atoms with E-state index >= 15 is 0 Å². The minimum Gasteiger partial charge on any atom is -0.340 e. The second-order valence-electron chi connectivity index (χ2n) is 6.51. The number of benzene rings is 1. The number of nitrogens with zero attached hydrogens (tertiary/aromatic N) is 4. The molecule has 0 atom stereocenters. The lowest BCUT2D eigenvalue weighted by Crippen LogP contribution is -2.47. The van der Waals surface area contributed by atoms with Crippen LogP contribution in [-0.4, -0.2) is 58.1 Å². The molecule has 0 N–H and O–H groups in total. The average molecular weight is 330 g/mol. The number of amides is 1. The largest absolute Gasteiger partial charge is 0.340 e. The first-order chi connectivity index (χ1) is 11.6. The number of para-hydroxylation sites is 2. The van der Waals surface area contributed by atoms with E-state index < -0.39 is 0 Å². The number of piperazine rings is 1. The van der Waals surface area contributed by atoms with Crippen LogP contribution in [0.3, 0.4) is 0 Å². The Morgan fingerprint density at radius 2 is 1.58 bits per heavy atom. The molecule has 1 aliphatic rings. The molecule has 3 rings (SSSR count). The number of aryl methyl sites for hydroxylation is 2. The molecule has 6 nitrogen and oxygen atoms in total. The zero-order valence-electron chi connectivity index (χ0n) is 14.6. The van der Waals surface area contributed by atoms with Crippen molar-refractivity contribution in [3.8, 4) is 0 Å². The van der Waals surface area contributed by atoms with Gasteiger partial charge in [0.1, 0.15) is 0 Å². The van der Waals surface area contributed by atoms with Crippen LogP contribution in [0.15, 0.2) is 29.1 Å². The maximum atomic E-state index is 12.7. The summed E-state index contributed by atoms with van der Waals surface area (Å²) in [7, 11) is 2.07. The summed E-state index contributed by atoms with van der Waals surface area (Å²) in [6, 6.07) is 7.83. The third-order valence-corrected chi connectivity index (χ3v) is 4.78. The average Bonchev–Trinajstić information content (AvgIpc) is 2.86. The summed E-state index contributed by atoms with van der Waals surface area (Å²) in [4.78, 5) is 29.3. The minimum atomic E-state index is -0.00997. The summed E-state index contributed by atoms with van der Waals surface area (Å²) in [6.45, 7) is 6.61. The number of likely N-dealkylation sites (N-methyl/N-ethyl adjacent to an activating group) is 1. The minimum absolute atomic E-state index is 0.00997. The lowest BCUT2D eigenvalue weighted by atomic mass is 10.2. The molecule has 1 aliphatic heterocycles. The van der Waals surface area contributed by atoms with E-state index in [4.69, 9.17) is 0 Å². The number of aromatic nitrogens is 2. The Labute approximate surface area is 142 Å². The Bertz CT molecular complexity index is 769. The van der Waals surface area contributed by atoms with E-state index in [2.05, 4.69) is 18.9 Å². The summed E-state index contributed by atoms with van der Waals surface area (Å²) in [5, 5.41) is 0. The summed E-state index contributed by atoms with van der Waals surface area (Å²) < 4.78 is 3.56. The Kier molecular flexibility index (Phi) is 5.04. The lowest BCUT2D eigenvalue weighted by molar-refractivity contribution is -0.133. The molecule has 2 heterocycles. The van der Waals surface area contributed by atoms with Crippen molar-refractivity contribution in [1.29, 1.82) is 0 Å². The number of carbonyl (C=O) groups excluding carboxylic acids is 1. The Morgan fingerprint density at radius 1 is 1.00 bits per heavy atom. The number of hydrogen-bond acceptors (Lipinski definition) is 3. The van der Waals surface area contributed by atoms with Crippen molar-refractivity contribution in [2.45, 2.75) is 32.9 Å². The van der Waals surface area contributed by atoms with Crippen LogP contribution in [-0.2, 0) is 17.9 Å². The van der Waals surface area contributed by atoms with Gasteiger partial charge in [-0.3, -0.25) is 13.9 Å². The molecule has 130 valence electrons. The van der Waals surface area contributed by atoms with Gasteiger partial charge in [-0.15, -0.1) is 0 Å². The highest BCUT2D eigenvalue weighted by Crippen LogP contribution is 2.14. The van der Waals surface area contributed by atoms with Crippen molar-refractivity contribution < 1.29 is 4.79 Å². The lowest BCUT2D eigenvalue weighted by Gasteiger charge is -2.32. The van der Waals surface area contributed by atoms with Crippen molar-refractivity contribution >= 4 is 16.9 Å². The molecule has 1 aromatic carbocycles. The van der Waals surface area contributed by atoms with Crippen molar-refractivity contribution in [2.24, 2.45) is 0 Å². The SMILES string of the molecule is CCCn1c(=O)n(CCC(=O)N2CCN(C)CC2)c2ccccc21. The van der Waals surface area contributed by atoms with Crippen molar-refractivity contribution in [2.75, 3.05) is 33.2 Å². The van der Waals surface area contributed by atoms with Crippen molar-refractivity contribution in [3.63, 3.8) is 0 Å². The molecule has 6 heteroatoms. The summed E-state index contributed by atoms with van der Waals surface area (Å²) in [6.07, 6.45) is 1.29. The predicted molar refractivity (Wildman–Crippen MR) is 95.2 cm³/mol. The van der Waals surface area contributed by atoms with Crippen LogP contribution in [0.2, 0.25) is 0 Å². The number of imidazole rings is 1. The number of carbonyl (C=O) groups is 1. The molecule has 0 unspecified atom stereocenters. The topological polar surface area (TPSA) is 50.5 Å². The first-order valence-corrected chi connectivity index (χ1v) is 8.76. The maximum absolute atomic E-state index is 12.7. The van der Waals surface area contributed by atoms with Gasteiger partial charge >= 0.3 is 5.69 Å². The first-order valence-electron chi connectivity index (χ1n) is 8.76. The van der Waals surface area contributed by atoms with Crippen LogP contribution in [0, 0.1) is 0 Å². The fourth-order valence-electron chi connectivity index (χ4n) is 3.35. The second-order valence-corrected chi connectivity index (χ2v) is 6.51. The van der Waals surface area contributed by atoms with Crippen molar-refractivity contribution in [3.05, 3.63) is 34.7 Å². The zero-order chi connectivity index (χ0) is 17.1. The molecule has 1 amide bonds. The van der Waals surface area contributed by atoms with E-state index in [0.29, 0.717) is 19.5 Å². The van der Waals surface area contributed by atoms with Gasteiger partial charge in [-0.2, -0.15) is 0 Å². The highest BCUT2D eigenvalue weighted by atomic mass is 16.2. The van der Waals surface area contributed by atoms with Gasteiger partial charge in [0.15, 0.2) is 0 Å². The highest BCUT2D eigenvalue weighted by molar-refractivity contribution is 5.78. The van der Waals surface area contributed by atoms with Crippen LogP contribution in [0.5, 0.6) is 0 Å². The summed E-state index contributed by atoms with van der Waals surface area (Å²) in [5.74, 6) is 0.141. The molecule has 2 aromatic rings. The van der Waals surface area contributed by atoms with E-state index in [1.165, 1.54) is 0 Å². The number of hydrogen-bond donors (Lipinski definition) is 0. The molecule has 1 saturated heterocycles. The quantitative estimate of drug-likeness (QED) is 0.832. The smallest absolute Gasteiger partial charge is 0.329 e. The fourth-order valence-corrected chi connectivity index (χ4v) is 3.35. The molecular formula is C18H26N4O2. The third-order valence-electron chi connectivity index (χ3n) is 4.78. The van der Waals surface area contributed by atoms with Crippen LogP contribution in [0.1, 0.15) is 19.8 Å². The molecule has 24 heavy (non-hydrogen) atoms. The Balaban J connectivity index is 1.77. The first kappa shape index (κ1) is 16.8. The molecule has 0 radical (unpaired) electrons. The van der Waals surface area contributed by atoms with Crippen LogP contribution < -0.4 is 5.69 Å². The second kappa shape index (κ2) is 7.21. The fraction of sp³-hybridized carbons (Fsp3) is 0.556. The van der Waals surface area contributed by atoms with Gasteiger partial charge in [0.05, 0.1) is 11.0 Å². The molecular weight excluding hydrogens is 304 g/mol. The maximum Gasteiger partial charge on any atom is 0.329 e. The molecule has 0 spiro atoms. The summed E-state index contributed by atoms with van der Waals surface area (Å²) >= 11 is 0. The summed E-state index contributed by atoms with van der Waals surface area (Å²) in [5.41, 5.74) is 1.86. The van der Waals surface area contributed by atoms with E-state index in [-0.39, 0.29) is 11.6 Å². The highest BCUT2D eigenvalue weighted by Gasteiger charge is 2.20. The van der Waals surface area contributed by atoms with E-state index in [9.17, 15) is 9.59 Å². The Hall–Kier alpha value is -2.08. The van der Waals surface area contributed by atoms with Gasteiger partial charge < -0.3 is 9.80 Å². The number of fused-ring (bicyclic) bond motifs is 1. The number of rotatable bonds is 5. The van der Waals surface area contributed by atoms with E-state index in [0.717, 1.165) is 43.6 Å². The normalized spacial score (nSPS) is 16.0. The van der Waals surface area contributed by atoms with Crippen molar-refractivity contribution in [1.82, 2.24) is 18.9 Å². The molecule has 0 bridgehead atoms. The predicted octanol–water partition coefficient (Wildman–Crippen LogP) is 1.38. The van der Waals surface area contributed by atoms with Gasteiger partial charge in [-0.1, -0.05) is 19.1 Å². The third kappa shape index (κ3) is 3.24. The van der Waals surface area contributed by atoms with Gasteiger partial charge in [0, 0.05) is 45.7 Å². The molecule has 0 saturated carbocycles. The van der Waals surface area contributed by atoms with Gasteiger partial charge in [0.2, 0.25) is 5.91 Å². The Morgan fingerprint density at radius 3 is 2.17 bits per heavy atom. The van der Waals surface area contributed by atoms with Gasteiger partial charge in [-0.25, -0.2) is 4.79 Å². The monoisotopic (exact) mass is 330 g/mol. The van der Waals surface area contributed by atoms with E-state index in [1.54, 1.807) is 4.57 Å². The molecule has 1 fully saturated rings. The van der Waals surface area contributed by atoms with Crippen LogP contribution >= 0.6 is 0 Å².